The quantitative estimate of drug-likeness (QED) is 0.553. The van der Waals surface area contributed by atoms with Crippen LogP contribution < -0.4 is 10.2 Å². The van der Waals surface area contributed by atoms with Crippen molar-refractivity contribution in [1.82, 2.24) is 4.72 Å². The summed E-state index contributed by atoms with van der Waals surface area (Å²) in [5.41, 5.74) is 0.506. The minimum Gasteiger partial charge on any atom is -0.412 e. The maximum atomic E-state index is 11.4. The molecule has 0 heterocycles. The fourth-order valence-electron chi connectivity index (χ4n) is 0.910. The Morgan fingerprint density at radius 1 is 1.19 bits per heavy atom. The first kappa shape index (κ1) is 17.5. The molecule has 0 atom stereocenters. The van der Waals surface area contributed by atoms with E-state index in [-0.39, 0.29) is 29.0 Å². The van der Waals surface area contributed by atoms with Crippen LogP contribution in [0.1, 0.15) is 0 Å². The molecule has 0 spiro atoms. The largest absolute Gasteiger partial charge is 0.412 e. The Hall–Kier alpha value is -0.925. The maximum Gasteiger partial charge on any atom is 0.240 e. The Labute approximate surface area is 95.4 Å². The smallest absolute Gasteiger partial charge is 0.240 e. The number of hydrogen-bond acceptors (Lipinski definition) is 3. The minimum absolute atomic E-state index is 0. The van der Waals surface area contributed by atoms with Crippen LogP contribution in [-0.2, 0) is 10.0 Å². The second kappa shape index (κ2) is 7.36. The van der Waals surface area contributed by atoms with Crippen LogP contribution in [0.5, 0.6) is 0 Å². The monoisotopic (exact) mass is 247 g/mol. The van der Waals surface area contributed by atoms with Gasteiger partial charge >= 0.3 is 0 Å². The molecule has 6 N–H and O–H groups in total. The fourth-order valence-corrected chi connectivity index (χ4v) is 1.93. The van der Waals surface area contributed by atoms with Crippen molar-refractivity contribution in [1.29, 1.82) is 0 Å². The first-order valence-corrected chi connectivity index (χ1v) is 5.50. The summed E-state index contributed by atoms with van der Waals surface area (Å²) in [5.74, 6) is 0. The molecule has 90 valence electrons. The second-order valence-electron chi connectivity index (χ2n) is 2.69. The molecule has 0 amide bonds. The molecule has 2 radical (unpaired) electrons. The summed E-state index contributed by atoms with van der Waals surface area (Å²) in [6.07, 6.45) is 0. The molecule has 0 saturated carbocycles. The summed E-state index contributed by atoms with van der Waals surface area (Å²) in [5, 5.41) is 8.47. The lowest BCUT2D eigenvalue weighted by molar-refractivity contribution is 0.301. The number of nitrogens with one attached hydrogen (secondary N) is 1. The van der Waals surface area contributed by atoms with E-state index in [2.05, 4.69) is 4.72 Å². The zero-order chi connectivity index (χ0) is 10.6. The van der Waals surface area contributed by atoms with Crippen LogP contribution in [-0.4, -0.2) is 45.5 Å². The van der Waals surface area contributed by atoms with Crippen molar-refractivity contribution in [3.05, 3.63) is 24.3 Å². The van der Waals surface area contributed by atoms with Crippen molar-refractivity contribution in [2.45, 2.75) is 4.90 Å². The third-order valence-electron chi connectivity index (χ3n) is 1.59. The summed E-state index contributed by atoms with van der Waals surface area (Å²) >= 11 is 0. The van der Waals surface area contributed by atoms with E-state index >= 15 is 0 Å². The first-order chi connectivity index (χ1) is 6.56. The molecule has 6 nitrogen and oxygen atoms in total. The van der Waals surface area contributed by atoms with Crippen LogP contribution in [0.25, 0.3) is 0 Å². The molecule has 0 unspecified atom stereocenters. The van der Waals surface area contributed by atoms with Gasteiger partial charge in [0.05, 0.1) is 11.5 Å². The molecule has 1 rings (SSSR count). The third-order valence-corrected chi connectivity index (χ3v) is 3.07. The highest BCUT2D eigenvalue weighted by molar-refractivity contribution is 7.89. The van der Waals surface area contributed by atoms with Gasteiger partial charge in [0.25, 0.3) is 0 Å². The van der Waals surface area contributed by atoms with Crippen molar-refractivity contribution in [3.63, 3.8) is 0 Å². The van der Waals surface area contributed by atoms with Crippen molar-refractivity contribution >= 4 is 23.3 Å². The van der Waals surface area contributed by atoms with E-state index in [1.54, 1.807) is 0 Å². The van der Waals surface area contributed by atoms with Gasteiger partial charge in [0.1, 0.15) is 7.85 Å². The van der Waals surface area contributed by atoms with E-state index in [9.17, 15) is 8.42 Å². The van der Waals surface area contributed by atoms with Gasteiger partial charge in [-0.1, -0.05) is 17.6 Å². The summed E-state index contributed by atoms with van der Waals surface area (Å²) in [4.78, 5) is 0.139. The summed E-state index contributed by atoms with van der Waals surface area (Å²) < 4.78 is 25.1. The average Bonchev–Trinajstić information content (AvgIpc) is 2.16. The number of hydrogen-bond donors (Lipinski definition) is 2. The number of benzene rings is 1. The van der Waals surface area contributed by atoms with Gasteiger partial charge < -0.3 is 16.1 Å². The number of rotatable bonds is 4. The lowest BCUT2D eigenvalue weighted by Gasteiger charge is -2.04. The molecule has 0 fully saturated rings. The van der Waals surface area contributed by atoms with Crippen LogP contribution in [0.15, 0.2) is 29.2 Å². The summed E-state index contributed by atoms with van der Waals surface area (Å²) in [6.45, 7) is -0.221. The molecule has 0 aromatic heterocycles. The fraction of sp³-hybridized carbons (Fsp3) is 0.250. The Kier molecular flexibility index (Phi) is 8.04. The van der Waals surface area contributed by atoms with Gasteiger partial charge in [-0.25, -0.2) is 13.1 Å². The average molecular weight is 247 g/mol. The number of aliphatic hydroxyl groups excluding tert-OH is 1. The van der Waals surface area contributed by atoms with Crippen molar-refractivity contribution in [3.8, 4) is 0 Å². The van der Waals surface area contributed by atoms with Crippen LogP contribution in [0.4, 0.5) is 0 Å². The Morgan fingerprint density at radius 2 is 1.69 bits per heavy atom. The second-order valence-corrected chi connectivity index (χ2v) is 4.46. The zero-order valence-corrected chi connectivity index (χ0v) is 9.29. The highest BCUT2D eigenvalue weighted by Gasteiger charge is 2.11. The van der Waals surface area contributed by atoms with Crippen LogP contribution in [0.3, 0.4) is 0 Å². The van der Waals surface area contributed by atoms with Crippen molar-refractivity contribution in [2.24, 2.45) is 0 Å². The Morgan fingerprint density at radius 3 is 2.12 bits per heavy atom. The summed E-state index contributed by atoms with van der Waals surface area (Å²) in [7, 11) is 1.91. The van der Waals surface area contributed by atoms with E-state index in [1.807, 2.05) is 0 Å². The number of aliphatic hydroxyl groups is 1. The van der Waals surface area contributed by atoms with Crippen LogP contribution in [0.2, 0.25) is 0 Å². The van der Waals surface area contributed by atoms with Crippen LogP contribution >= 0.6 is 0 Å². The maximum absolute atomic E-state index is 11.4. The predicted octanol–water partition coefficient (Wildman–Crippen LogP) is -2.90. The van der Waals surface area contributed by atoms with E-state index in [4.69, 9.17) is 13.0 Å². The molecule has 16 heavy (non-hydrogen) atoms. The number of sulfonamides is 1. The first-order valence-electron chi connectivity index (χ1n) is 4.02. The zero-order valence-electron chi connectivity index (χ0n) is 8.47. The lowest BCUT2D eigenvalue weighted by atomic mass is 9.97. The lowest BCUT2D eigenvalue weighted by Crippen LogP contribution is -2.26. The van der Waals surface area contributed by atoms with Gasteiger partial charge in [0.2, 0.25) is 10.0 Å². The third kappa shape index (κ3) is 4.73. The van der Waals surface area contributed by atoms with E-state index in [0.717, 1.165) is 0 Å². The van der Waals surface area contributed by atoms with E-state index in [1.165, 1.54) is 24.3 Å². The molecule has 0 aliphatic carbocycles. The topological polar surface area (TPSA) is 129 Å². The van der Waals surface area contributed by atoms with Crippen molar-refractivity contribution < 1.29 is 24.5 Å². The van der Waals surface area contributed by atoms with Gasteiger partial charge in [0, 0.05) is 6.54 Å². The highest BCUT2D eigenvalue weighted by atomic mass is 32.2. The minimum atomic E-state index is -3.50. The molecule has 8 heteroatoms. The van der Waals surface area contributed by atoms with Gasteiger partial charge in [-0.3, -0.25) is 0 Å². The molecule has 0 aliphatic rings. The van der Waals surface area contributed by atoms with Gasteiger partial charge in [-0.15, -0.1) is 0 Å². The molecule has 0 bridgehead atoms. The van der Waals surface area contributed by atoms with Crippen LogP contribution in [0, 0.1) is 0 Å². The Bertz CT molecular complexity index is 391. The molecule has 0 aliphatic heterocycles. The highest BCUT2D eigenvalue weighted by Crippen LogP contribution is 2.05. The molecular formula is C8H14BNO5S. The van der Waals surface area contributed by atoms with Gasteiger partial charge in [0.15, 0.2) is 0 Å². The SMILES string of the molecule is O.O.[B]c1ccc(S(=O)(=O)NCCO)cc1. The molecule has 1 aromatic rings. The van der Waals surface area contributed by atoms with Gasteiger partial charge in [-0.2, -0.15) is 0 Å². The molecule has 0 saturated heterocycles. The normalized spacial score (nSPS) is 10.1. The molecular weight excluding hydrogens is 233 g/mol. The summed E-state index contributed by atoms with van der Waals surface area (Å²) in [6, 6.07) is 5.84. The standard InChI is InChI=1S/C8H10BNO3S.2H2O/c9-7-1-3-8(4-2-7)14(12,13)10-5-6-11;;/h1-4,10-11H,5-6H2;2*1H2. The Balaban J connectivity index is 0. The van der Waals surface area contributed by atoms with E-state index in [0.29, 0.717) is 5.46 Å². The van der Waals surface area contributed by atoms with E-state index < -0.39 is 10.0 Å². The predicted molar refractivity (Wildman–Crippen MR) is 61.3 cm³/mol. The molecule has 1 aromatic carbocycles. The van der Waals surface area contributed by atoms with Gasteiger partial charge in [-0.05, 0) is 12.1 Å². The van der Waals surface area contributed by atoms with Crippen molar-refractivity contribution in [2.75, 3.05) is 13.2 Å².